The molecule has 0 radical (unpaired) electrons. The number of aryl methyl sites for hydroxylation is 4. The first-order valence-corrected chi connectivity index (χ1v) is 26.5. The van der Waals surface area contributed by atoms with Crippen molar-refractivity contribution in [2.75, 3.05) is 9.80 Å². The first-order chi connectivity index (χ1) is 35.9. The highest BCUT2D eigenvalue weighted by molar-refractivity contribution is 7.11. The third-order valence-corrected chi connectivity index (χ3v) is 17.2. The molecular weight excluding hydrogens is 890 g/mol. The molecule has 4 heteroatoms. The van der Waals surface area contributed by atoms with Crippen LogP contribution >= 0.6 is 0 Å². The molecule has 10 aromatic rings. The summed E-state index contributed by atoms with van der Waals surface area (Å²) in [5.74, 6) is 0. The molecule has 3 heterocycles. The van der Waals surface area contributed by atoms with Gasteiger partial charge in [-0.15, -0.1) is 0 Å². The molecule has 0 bridgehead atoms. The van der Waals surface area contributed by atoms with E-state index in [-0.39, 0.29) is 24.3 Å². The summed E-state index contributed by atoms with van der Waals surface area (Å²) >= 11 is 0. The van der Waals surface area contributed by atoms with Crippen molar-refractivity contribution in [1.82, 2.24) is 0 Å². The molecular formula is C70H60B2N2. The van der Waals surface area contributed by atoms with Gasteiger partial charge in [-0.05, 0) is 133 Å². The smallest absolute Gasteiger partial charge is 0.240 e. The lowest BCUT2D eigenvalue weighted by Crippen LogP contribution is -2.75. The number of hydrogen-bond acceptors (Lipinski definition) is 2. The summed E-state index contributed by atoms with van der Waals surface area (Å²) in [5.41, 5.74) is 30.8. The minimum Gasteiger partial charge on any atom is -0.310 e. The van der Waals surface area contributed by atoms with E-state index in [1.807, 2.05) is 0 Å². The lowest BCUT2D eigenvalue weighted by Gasteiger charge is -2.43. The Hall–Kier alpha value is -8.07. The summed E-state index contributed by atoms with van der Waals surface area (Å²) in [6.45, 7) is 19.1. The van der Waals surface area contributed by atoms with Crippen molar-refractivity contribution in [3.8, 4) is 22.3 Å². The van der Waals surface area contributed by atoms with Crippen molar-refractivity contribution < 1.29 is 0 Å². The molecule has 10 aromatic carbocycles. The lowest BCUT2D eigenvalue weighted by atomic mass is 9.20. The fraction of sp³-hybridized carbons (Fsp3) is 0.143. The number of anilines is 6. The predicted octanol–water partition coefficient (Wildman–Crippen LogP) is 13.8. The number of rotatable bonds is 6. The third kappa shape index (κ3) is 7.02. The van der Waals surface area contributed by atoms with Gasteiger partial charge in [-0.25, -0.2) is 0 Å². The van der Waals surface area contributed by atoms with Gasteiger partial charge >= 0.3 is 0 Å². The summed E-state index contributed by atoms with van der Waals surface area (Å²) in [6.07, 6.45) is 0. The maximum atomic E-state index is 2.52. The molecule has 0 fully saturated rings. The van der Waals surface area contributed by atoms with E-state index in [0.717, 1.165) is 0 Å². The zero-order valence-electron chi connectivity index (χ0n) is 43.8. The number of benzene rings is 10. The molecule has 0 N–H and O–H groups in total. The van der Waals surface area contributed by atoms with Gasteiger partial charge in [0.25, 0.3) is 0 Å². The standard InChI is InChI=1S/C70H60B2N2/c1-45-39-53(73-63-33-21-15-27-55(63)69(5,6)57-43-51(35-37-65(57)73)49-23-11-9-12-24-49)40-46(2)67(45)71-59-29-17-19-31-61(59)72(62-32-20-18-30-60(62)71)68-47(3)41-54(42-48(68)4)74-64-34-22-16-28-56(64)70(7,8)58-44-52(36-38-66(58)74)50-25-13-10-14-26-50/h9-44H,1-8H3. The maximum absolute atomic E-state index is 2.52. The van der Waals surface area contributed by atoms with Gasteiger partial charge in [-0.2, -0.15) is 0 Å². The fourth-order valence-electron chi connectivity index (χ4n) is 13.7. The Morgan fingerprint density at radius 3 is 0.932 bits per heavy atom. The molecule has 0 unspecified atom stereocenters. The van der Waals surface area contributed by atoms with E-state index in [9.17, 15) is 0 Å². The second-order valence-electron chi connectivity index (χ2n) is 22.3. The topological polar surface area (TPSA) is 6.48 Å². The van der Waals surface area contributed by atoms with Crippen molar-refractivity contribution in [3.05, 3.63) is 263 Å². The Balaban J connectivity index is 0.915. The van der Waals surface area contributed by atoms with Crippen LogP contribution in [-0.2, 0) is 10.8 Å². The zero-order valence-corrected chi connectivity index (χ0v) is 43.8. The maximum Gasteiger partial charge on any atom is 0.240 e. The molecule has 0 aromatic heterocycles. The van der Waals surface area contributed by atoms with Gasteiger partial charge in [0.05, 0.1) is 22.7 Å². The summed E-state index contributed by atoms with van der Waals surface area (Å²) in [4.78, 5) is 5.04. The monoisotopic (exact) mass is 950 g/mol. The Morgan fingerprint density at radius 1 is 0.284 bits per heavy atom. The first kappa shape index (κ1) is 45.8. The predicted molar refractivity (Wildman–Crippen MR) is 319 cm³/mol. The van der Waals surface area contributed by atoms with Crippen LogP contribution in [0.4, 0.5) is 34.1 Å². The van der Waals surface area contributed by atoms with E-state index in [4.69, 9.17) is 0 Å². The van der Waals surface area contributed by atoms with E-state index in [1.165, 1.54) is 134 Å². The van der Waals surface area contributed by atoms with Crippen molar-refractivity contribution in [2.45, 2.75) is 66.2 Å². The van der Waals surface area contributed by atoms with E-state index in [1.54, 1.807) is 0 Å². The van der Waals surface area contributed by atoms with Crippen molar-refractivity contribution in [2.24, 2.45) is 0 Å². The molecule has 0 saturated heterocycles. The Bertz CT molecular complexity index is 3520. The average Bonchev–Trinajstić information content (AvgIpc) is 3.43. The van der Waals surface area contributed by atoms with E-state index in [2.05, 4.69) is 284 Å². The second kappa shape index (κ2) is 17.3. The van der Waals surface area contributed by atoms with Crippen LogP contribution in [-0.4, -0.2) is 13.4 Å². The fourth-order valence-corrected chi connectivity index (χ4v) is 13.7. The number of para-hydroxylation sites is 2. The zero-order chi connectivity index (χ0) is 50.6. The van der Waals surface area contributed by atoms with Crippen molar-refractivity contribution in [3.63, 3.8) is 0 Å². The molecule has 13 rings (SSSR count). The highest BCUT2D eigenvalue weighted by Gasteiger charge is 2.43. The van der Waals surface area contributed by atoms with E-state index < -0.39 is 0 Å². The van der Waals surface area contributed by atoms with Gasteiger partial charge in [-0.1, -0.05) is 240 Å². The van der Waals surface area contributed by atoms with Gasteiger partial charge in [0, 0.05) is 22.2 Å². The molecule has 3 aliphatic rings. The van der Waals surface area contributed by atoms with Crippen LogP contribution in [0.2, 0.25) is 0 Å². The first-order valence-electron chi connectivity index (χ1n) is 26.5. The quantitative estimate of drug-likeness (QED) is 0.153. The van der Waals surface area contributed by atoms with Crippen LogP contribution in [0.25, 0.3) is 22.3 Å². The number of fused-ring (bicyclic) bond motifs is 6. The van der Waals surface area contributed by atoms with E-state index in [0.29, 0.717) is 0 Å². The minimum absolute atomic E-state index is 0.0753. The van der Waals surface area contributed by atoms with Crippen LogP contribution in [0, 0.1) is 27.7 Å². The van der Waals surface area contributed by atoms with Crippen LogP contribution in [0.15, 0.2) is 218 Å². The van der Waals surface area contributed by atoms with Gasteiger partial charge < -0.3 is 9.80 Å². The van der Waals surface area contributed by atoms with Gasteiger partial charge in [0.15, 0.2) is 0 Å². The third-order valence-electron chi connectivity index (χ3n) is 17.2. The molecule has 0 saturated carbocycles. The minimum atomic E-state index is -0.185. The Morgan fingerprint density at radius 2 is 0.581 bits per heavy atom. The summed E-state index contributed by atoms with van der Waals surface area (Å²) in [5, 5.41) is 0. The average molecular weight is 951 g/mol. The molecule has 0 aliphatic carbocycles. The summed E-state index contributed by atoms with van der Waals surface area (Å²) < 4.78 is 0. The molecule has 0 atom stereocenters. The van der Waals surface area contributed by atoms with Crippen LogP contribution in [0.5, 0.6) is 0 Å². The molecule has 74 heavy (non-hydrogen) atoms. The van der Waals surface area contributed by atoms with Gasteiger partial charge in [0.1, 0.15) is 0 Å². The van der Waals surface area contributed by atoms with Gasteiger partial charge in [0.2, 0.25) is 13.4 Å². The number of nitrogens with zero attached hydrogens (tertiary/aromatic N) is 2. The van der Waals surface area contributed by atoms with Gasteiger partial charge in [-0.3, -0.25) is 0 Å². The SMILES string of the molecule is Cc1cc(N2c3ccccc3C(C)(C)c3cc(-c4ccccc4)ccc32)cc(C)c1B1c2ccccc2B(c2c(C)cc(N3c4ccccc4C(C)(C)c4cc(-c5ccccc5)ccc43)cc2C)c2ccccc21. The highest BCUT2D eigenvalue weighted by Crippen LogP contribution is 2.54. The molecule has 356 valence electrons. The summed E-state index contributed by atoms with van der Waals surface area (Å²) in [7, 11) is 0. The van der Waals surface area contributed by atoms with Crippen LogP contribution in [0.1, 0.15) is 72.2 Å². The van der Waals surface area contributed by atoms with Crippen LogP contribution < -0.4 is 42.6 Å². The summed E-state index contributed by atoms with van der Waals surface area (Å²) in [6, 6.07) is 82.2. The number of hydrogen-bond donors (Lipinski definition) is 0. The highest BCUT2D eigenvalue weighted by atomic mass is 15.2. The largest absolute Gasteiger partial charge is 0.310 e. The van der Waals surface area contributed by atoms with Crippen molar-refractivity contribution >= 4 is 80.3 Å². The van der Waals surface area contributed by atoms with Crippen molar-refractivity contribution in [1.29, 1.82) is 0 Å². The molecule has 3 aliphatic heterocycles. The Labute approximate surface area is 439 Å². The Kier molecular flexibility index (Phi) is 10.7. The molecule has 0 amide bonds. The lowest BCUT2D eigenvalue weighted by molar-refractivity contribution is 0.632. The molecule has 0 spiro atoms. The van der Waals surface area contributed by atoms with Crippen LogP contribution in [0.3, 0.4) is 0 Å². The normalized spacial score (nSPS) is 14.6. The second-order valence-corrected chi connectivity index (χ2v) is 22.3. The van der Waals surface area contributed by atoms with E-state index >= 15 is 0 Å². The molecule has 2 nitrogen and oxygen atoms in total.